The Morgan fingerprint density at radius 3 is 2.58 bits per heavy atom. The lowest BCUT2D eigenvalue weighted by Crippen LogP contribution is -2.20. The minimum Gasteiger partial charge on any atom is -0.495 e. The number of hydrogen-bond donors (Lipinski definition) is 1. The Morgan fingerprint density at radius 2 is 1.87 bits per heavy atom. The first-order valence-electron chi connectivity index (χ1n) is 10.1. The lowest BCUT2D eigenvalue weighted by molar-refractivity contribution is 0.0483. The molecule has 3 aromatic carbocycles. The van der Waals surface area contributed by atoms with Crippen molar-refractivity contribution in [2.75, 3.05) is 13.7 Å². The predicted octanol–water partition coefficient (Wildman–Crippen LogP) is 4.36. The summed E-state index contributed by atoms with van der Waals surface area (Å²) in [5, 5.41) is 7.12. The fraction of sp³-hybridized carbons (Fsp3) is 0.208. The molecule has 31 heavy (non-hydrogen) atoms. The zero-order valence-electron chi connectivity index (χ0n) is 17.0. The summed E-state index contributed by atoms with van der Waals surface area (Å²) in [5.41, 5.74) is 7.62. The van der Waals surface area contributed by atoms with E-state index in [2.05, 4.69) is 5.10 Å². The van der Waals surface area contributed by atoms with Gasteiger partial charge in [0.1, 0.15) is 17.0 Å². The molecule has 1 aromatic heterocycles. The molecule has 4 aromatic rings. The number of esters is 1. The Bertz CT molecular complexity index is 1340. The third kappa shape index (κ3) is 3.38. The van der Waals surface area contributed by atoms with Gasteiger partial charge in [0, 0.05) is 5.56 Å². The molecule has 2 N–H and O–H groups in total. The lowest BCUT2D eigenvalue weighted by atomic mass is 10.0. The molecular weight excluding hydrogens is 394 g/mol. The van der Waals surface area contributed by atoms with Crippen molar-refractivity contribution in [3.63, 3.8) is 0 Å². The average Bonchev–Trinajstić information content (AvgIpc) is 3.54. The van der Waals surface area contributed by atoms with Gasteiger partial charge in [-0.25, -0.2) is 9.59 Å². The second-order valence-electron chi connectivity index (χ2n) is 7.74. The Kier molecular flexibility index (Phi) is 4.58. The standard InChI is InChI=1S/C24H21N3O4/c1-30-22-18(23(28)31-13-14-6-7-14)10-11-19-20(22)21(26-27(19)24(25)29)17-9-8-15-4-2-3-5-16(15)12-17/h2-5,8-12,14H,6-7,13H2,1H3,(H2,25,29). The number of aromatic nitrogens is 2. The molecule has 156 valence electrons. The van der Waals surface area contributed by atoms with Gasteiger partial charge >= 0.3 is 12.0 Å². The molecule has 0 radical (unpaired) electrons. The molecule has 0 unspecified atom stereocenters. The van der Waals surface area contributed by atoms with Gasteiger partial charge in [0.15, 0.2) is 0 Å². The van der Waals surface area contributed by atoms with Crippen LogP contribution in [0.15, 0.2) is 54.6 Å². The van der Waals surface area contributed by atoms with Crippen molar-refractivity contribution in [2.45, 2.75) is 12.8 Å². The van der Waals surface area contributed by atoms with E-state index in [0.717, 1.165) is 33.9 Å². The highest BCUT2D eigenvalue weighted by molar-refractivity contribution is 6.08. The fourth-order valence-electron chi connectivity index (χ4n) is 3.82. The summed E-state index contributed by atoms with van der Waals surface area (Å²) in [7, 11) is 1.48. The number of benzene rings is 3. The maximum Gasteiger partial charge on any atom is 0.341 e. The van der Waals surface area contributed by atoms with Crippen LogP contribution in [-0.2, 0) is 4.74 Å². The minimum atomic E-state index is -0.719. The summed E-state index contributed by atoms with van der Waals surface area (Å²) in [5.74, 6) is 0.306. The van der Waals surface area contributed by atoms with Crippen LogP contribution in [0.25, 0.3) is 32.9 Å². The van der Waals surface area contributed by atoms with Crippen LogP contribution in [0.4, 0.5) is 4.79 Å². The first-order valence-corrected chi connectivity index (χ1v) is 10.1. The quantitative estimate of drug-likeness (QED) is 0.489. The zero-order valence-corrected chi connectivity index (χ0v) is 17.0. The molecule has 0 aliphatic heterocycles. The largest absolute Gasteiger partial charge is 0.495 e. The van der Waals surface area contributed by atoms with Gasteiger partial charge in [0.25, 0.3) is 0 Å². The summed E-state index contributed by atoms with van der Waals surface area (Å²) in [6.45, 7) is 0.401. The topological polar surface area (TPSA) is 96.4 Å². The Hall–Kier alpha value is -3.87. The van der Waals surface area contributed by atoms with Crippen molar-refractivity contribution in [2.24, 2.45) is 11.7 Å². The molecule has 1 aliphatic carbocycles. The second kappa shape index (κ2) is 7.43. The predicted molar refractivity (Wildman–Crippen MR) is 117 cm³/mol. The molecule has 1 saturated carbocycles. The molecule has 1 fully saturated rings. The molecular formula is C24H21N3O4. The van der Waals surface area contributed by atoms with Crippen molar-refractivity contribution < 1.29 is 19.1 Å². The van der Waals surface area contributed by atoms with E-state index in [1.165, 1.54) is 7.11 Å². The van der Waals surface area contributed by atoms with Gasteiger partial charge in [-0.3, -0.25) is 0 Å². The van der Waals surface area contributed by atoms with Crippen LogP contribution in [0.3, 0.4) is 0 Å². The van der Waals surface area contributed by atoms with E-state index >= 15 is 0 Å². The van der Waals surface area contributed by atoms with Crippen LogP contribution in [0.2, 0.25) is 0 Å². The van der Waals surface area contributed by atoms with Gasteiger partial charge in [-0.1, -0.05) is 36.4 Å². The van der Waals surface area contributed by atoms with Crippen molar-refractivity contribution in [3.8, 4) is 17.0 Å². The summed E-state index contributed by atoms with van der Waals surface area (Å²) in [6.07, 6.45) is 2.17. The van der Waals surface area contributed by atoms with Gasteiger partial charge in [-0.05, 0) is 47.7 Å². The van der Waals surface area contributed by atoms with Gasteiger partial charge < -0.3 is 15.2 Å². The molecule has 1 amide bonds. The first kappa shape index (κ1) is 19.1. The molecule has 0 saturated heterocycles. The van der Waals surface area contributed by atoms with Crippen molar-refractivity contribution >= 4 is 33.7 Å². The van der Waals surface area contributed by atoms with Crippen LogP contribution in [0.1, 0.15) is 23.2 Å². The third-order valence-electron chi connectivity index (χ3n) is 5.60. The Balaban J connectivity index is 1.71. The van der Waals surface area contributed by atoms with Gasteiger partial charge in [-0.15, -0.1) is 0 Å². The Morgan fingerprint density at radius 1 is 1.10 bits per heavy atom. The van der Waals surface area contributed by atoms with E-state index in [4.69, 9.17) is 15.2 Å². The van der Waals surface area contributed by atoms with Crippen LogP contribution >= 0.6 is 0 Å². The summed E-state index contributed by atoms with van der Waals surface area (Å²) in [4.78, 5) is 24.8. The lowest BCUT2D eigenvalue weighted by Gasteiger charge is -2.11. The molecule has 0 spiro atoms. The number of fused-ring (bicyclic) bond motifs is 2. The maximum absolute atomic E-state index is 12.7. The van der Waals surface area contributed by atoms with Crippen molar-refractivity contribution in [1.82, 2.24) is 9.78 Å². The maximum atomic E-state index is 12.7. The number of rotatable bonds is 5. The number of carbonyl (C=O) groups excluding carboxylic acids is 2. The number of nitrogens with two attached hydrogens (primary N) is 1. The zero-order chi connectivity index (χ0) is 21.5. The van der Waals surface area contributed by atoms with E-state index in [9.17, 15) is 9.59 Å². The molecule has 1 aliphatic rings. The monoisotopic (exact) mass is 415 g/mol. The van der Waals surface area contributed by atoms with E-state index in [1.807, 2.05) is 42.5 Å². The van der Waals surface area contributed by atoms with Gasteiger partial charge in [-0.2, -0.15) is 9.78 Å². The highest BCUT2D eigenvalue weighted by Gasteiger charge is 2.27. The van der Waals surface area contributed by atoms with Crippen LogP contribution in [-0.4, -0.2) is 35.5 Å². The van der Waals surface area contributed by atoms with E-state index in [-0.39, 0.29) is 0 Å². The first-order chi connectivity index (χ1) is 15.1. The number of methoxy groups -OCH3 is 1. The number of primary amides is 1. The fourth-order valence-corrected chi connectivity index (χ4v) is 3.82. The number of amides is 1. The molecule has 7 heteroatoms. The number of nitrogens with zero attached hydrogens (tertiary/aromatic N) is 2. The number of hydrogen-bond acceptors (Lipinski definition) is 5. The van der Waals surface area contributed by atoms with E-state index in [0.29, 0.717) is 40.4 Å². The van der Waals surface area contributed by atoms with Crippen LogP contribution in [0, 0.1) is 5.92 Å². The molecule has 5 rings (SSSR count). The molecule has 0 bridgehead atoms. The second-order valence-corrected chi connectivity index (χ2v) is 7.74. The van der Waals surface area contributed by atoms with E-state index in [1.54, 1.807) is 12.1 Å². The Labute approximate surface area is 178 Å². The summed E-state index contributed by atoms with van der Waals surface area (Å²) < 4.78 is 12.2. The molecule has 7 nitrogen and oxygen atoms in total. The van der Waals surface area contributed by atoms with Crippen LogP contribution in [0.5, 0.6) is 5.75 Å². The van der Waals surface area contributed by atoms with Gasteiger partial charge in [0.05, 0.1) is 24.6 Å². The summed E-state index contributed by atoms with van der Waals surface area (Å²) in [6, 6.07) is 16.4. The minimum absolute atomic E-state index is 0.293. The van der Waals surface area contributed by atoms with Crippen LogP contribution < -0.4 is 10.5 Å². The molecule has 0 atom stereocenters. The van der Waals surface area contributed by atoms with Crippen molar-refractivity contribution in [3.05, 3.63) is 60.2 Å². The SMILES string of the molecule is COc1c(C(=O)OCC2CC2)ccc2c1c(-c1ccc3ccccc3c1)nn2C(N)=O. The average molecular weight is 415 g/mol. The third-order valence-corrected chi connectivity index (χ3v) is 5.60. The number of carbonyl (C=O) groups is 2. The van der Waals surface area contributed by atoms with E-state index < -0.39 is 12.0 Å². The smallest absolute Gasteiger partial charge is 0.341 e. The van der Waals surface area contributed by atoms with Gasteiger partial charge in [0.2, 0.25) is 0 Å². The molecule has 1 heterocycles. The number of ether oxygens (including phenoxy) is 2. The highest BCUT2D eigenvalue weighted by atomic mass is 16.5. The highest BCUT2D eigenvalue weighted by Crippen LogP contribution is 2.39. The summed E-state index contributed by atoms with van der Waals surface area (Å²) >= 11 is 0. The van der Waals surface area contributed by atoms with Crippen molar-refractivity contribution in [1.29, 1.82) is 0 Å². The normalized spacial score (nSPS) is 13.5.